The molecule has 2 aromatic rings. The van der Waals surface area contributed by atoms with Crippen molar-refractivity contribution >= 4 is 12.0 Å². The van der Waals surface area contributed by atoms with Crippen LogP contribution in [0, 0.1) is 5.92 Å². The third-order valence-corrected chi connectivity index (χ3v) is 4.02. The molecule has 0 aromatic heterocycles. The minimum Gasteiger partial charge on any atom is -0.493 e. The Labute approximate surface area is 161 Å². The highest BCUT2D eigenvalue weighted by Gasteiger charge is 2.14. The number of ether oxygens (including phenoxy) is 3. The van der Waals surface area contributed by atoms with Crippen LogP contribution >= 0.6 is 0 Å². The summed E-state index contributed by atoms with van der Waals surface area (Å²) < 4.78 is 16.0. The van der Waals surface area contributed by atoms with Crippen LogP contribution in [0.3, 0.4) is 0 Å². The van der Waals surface area contributed by atoms with Crippen LogP contribution in [-0.2, 0) is 6.54 Å². The molecule has 0 atom stereocenters. The molecule has 27 heavy (non-hydrogen) atoms. The van der Waals surface area contributed by atoms with E-state index in [-0.39, 0.29) is 5.91 Å². The van der Waals surface area contributed by atoms with Crippen LogP contribution in [0.1, 0.15) is 35.3 Å². The lowest BCUT2D eigenvalue weighted by Crippen LogP contribution is -2.22. The van der Waals surface area contributed by atoms with Crippen molar-refractivity contribution in [2.45, 2.75) is 20.4 Å². The van der Waals surface area contributed by atoms with Gasteiger partial charge in [0, 0.05) is 12.1 Å². The van der Waals surface area contributed by atoms with E-state index < -0.39 is 0 Å². The third kappa shape index (κ3) is 5.51. The number of hydrogen-bond acceptors (Lipinski definition) is 4. The number of carbonyl (C=O) groups is 1. The predicted molar refractivity (Wildman–Crippen MR) is 108 cm³/mol. The van der Waals surface area contributed by atoms with Crippen molar-refractivity contribution in [3.63, 3.8) is 0 Å². The molecule has 0 aliphatic rings. The molecule has 0 fully saturated rings. The number of amides is 1. The van der Waals surface area contributed by atoms with E-state index in [0.29, 0.717) is 35.3 Å². The Morgan fingerprint density at radius 3 is 2.07 bits per heavy atom. The van der Waals surface area contributed by atoms with Crippen LogP contribution in [0.25, 0.3) is 6.08 Å². The lowest BCUT2D eigenvalue weighted by molar-refractivity contribution is 0.0951. The van der Waals surface area contributed by atoms with Crippen LogP contribution in [0.5, 0.6) is 17.2 Å². The molecule has 5 nitrogen and oxygen atoms in total. The maximum absolute atomic E-state index is 12.4. The summed E-state index contributed by atoms with van der Waals surface area (Å²) >= 11 is 0. The second-order valence-electron chi connectivity index (χ2n) is 6.44. The normalized spacial score (nSPS) is 10.9. The zero-order chi connectivity index (χ0) is 19.8. The van der Waals surface area contributed by atoms with Crippen molar-refractivity contribution in [1.82, 2.24) is 5.32 Å². The molecule has 0 heterocycles. The first-order valence-corrected chi connectivity index (χ1v) is 8.83. The van der Waals surface area contributed by atoms with Gasteiger partial charge in [-0.05, 0) is 41.3 Å². The summed E-state index contributed by atoms with van der Waals surface area (Å²) in [5.74, 6) is 2.00. The highest BCUT2D eigenvalue weighted by Crippen LogP contribution is 2.38. The van der Waals surface area contributed by atoms with Gasteiger partial charge in [0.1, 0.15) is 0 Å². The van der Waals surface area contributed by atoms with Gasteiger partial charge in [0.15, 0.2) is 11.5 Å². The van der Waals surface area contributed by atoms with Gasteiger partial charge >= 0.3 is 0 Å². The zero-order valence-corrected chi connectivity index (χ0v) is 16.5. The van der Waals surface area contributed by atoms with E-state index in [1.165, 1.54) is 0 Å². The minimum atomic E-state index is -0.136. The lowest BCUT2D eigenvalue weighted by Gasteiger charge is -2.14. The van der Waals surface area contributed by atoms with Crippen LogP contribution < -0.4 is 19.5 Å². The summed E-state index contributed by atoms with van der Waals surface area (Å²) in [6.45, 7) is 4.60. The maximum Gasteiger partial charge on any atom is 0.251 e. The SMILES string of the molecule is COc1cc(CNC(=O)c2ccc(/C=C/C(C)C)cc2)cc(OC)c1OC. The lowest BCUT2D eigenvalue weighted by atomic mass is 10.1. The number of benzene rings is 2. The van der Waals surface area contributed by atoms with Gasteiger partial charge in [-0.2, -0.15) is 0 Å². The summed E-state index contributed by atoms with van der Waals surface area (Å²) in [5, 5.41) is 2.92. The quantitative estimate of drug-likeness (QED) is 0.753. The summed E-state index contributed by atoms with van der Waals surface area (Å²) in [4.78, 5) is 12.4. The van der Waals surface area contributed by atoms with E-state index in [9.17, 15) is 4.79 Å². The Hall–Kier alpha value is -2.95. The van der Waals surface area contributed by atoms with Gasteiger partial charge in [-0.1, -0.05) is 38.1 Å². The Bertz CT molecular complexity index is 769. The maximum atomic E-state index is 12.4. The second kappa shape index (κ2) is 9.67. The van der Waals surface area contributed by atoms with Crippen LogP contribution in [-0.4, -0.2) is 27.2 Å². The standard InChI is InChI=1S/C22H27NO4/c1-15(2)6-7-16-8-10-18(11-9-16)22(24)23-14-17-12-19(25-3)21(27-5)20(13-17)26-4/h6-13,15H,14H2,1-5H3,(H,23,24)/b7-6+. The summed E-state index contributed by atoms with van der Waals surface area (Å²) in [5.41, 5.74) is 2.54. The number of hydrogen-bond donors (Lipinski definition) is 1. The van der Waals surface area contributed by atoms with E-state index >= 15 is 0 Å². The number of rotatable bonds is 8. The summed E-state index contributed by atoms with van der Waals surface area (Å²) in [6.07, 6.45) is 4.18. The molecule has 0 aliphatic heterocycles. The topological polar surface area (TPSA) is 56.8 Å². The molecule has 0 spiro atoms. The van der Waals surface area contributed by atoms with Gasteiger partial charge in [-0.15, -0.1) is 0 Å². The average molecular weight is 369 g/mol. The van der Waals surface area contributed by atoms with Crippen LogP contribution in [0.4, 0.5) is 0 Å². The Morgan fingerprint density at radius 2 is 1.59 bits per heavy atom. The van der Waals surface area contributed by atoms with Gasteiger partial charge in [-0.25, -0.2) is 0 Å². The fraction of sp³-hybridized carbons (Fsp3) is 0.318. The molecule has 144 valence electrons. The molecule has 2 aromatic carbocycles. The van der Waals surface area contributed by atoms with Crippen molar-refractivity contribution < 1.29 is 19.0 Å². The molecule has 0 bridgehead atoms. The van der Waals surface area contributed by atoms with Gasteiger partial charge in [0.2, 0.25) is 5.75 Å². The molecule has 2 rings (SSSR count). The van der Waals surface area contributed by atoms with Gasteiger partial charge in [0.05, 0.1) is 21.3 Å². The zero-order valence-electron chi connectivity index (χ0n) is 16.5. The fourth-order valence-electron chi connectivity index (χ4n) is 2.57. The predicted octanol–water partition coefficient (Wildman–Crippen LogP) is 4.31. The minimum absolute atomic E-state index is 0.136. The van der Waals surface area contributed by atoms with Gasteiger partial charge < -0.3 is 19.5 Å². The van der Waals surface area contributed by atoms with E-state index in [1.807, 2.05) is 36.4 Å². The van der Waals surface area contributed by atoms with Crippen molar-refractivity contribution in [2.75, 3.05) is 21.3 Å². The van der Waals surface area contributed by atoms with Crippen molar-refractivity contribution in [1.29, 1.82) is 0 Å². The first kappa shape index (κ1) is 20.4. The monoisotopic (exact) mass is 369 g/mol. The molecule has 1 N–H and O–H groups in total. The molecule has 0 saturated heterocycles. The van der Waals surface area contributed by atoms with Gasteiger partial charge in [-0.3, -0.25) is 4.79 Å². The first-order chi connectivity index (χ1) is 13.0. The Morgan fingerprint density at radius 1 is 1.00 bits per heavy atom. The number of carbonyl (C=O) groups excluding carboxylic acids is 1. The van der Waals surface area contributed by atoms with E-state index in [4.69, 9.17) is 14.2 Å². The third-order valence-electron chi connectivity index (χ3n) is 4.02. The molecule has 5 heteroatoms. The first-order valence-electron chi connectivity index (χ1n) is 8.83. The van der Waals surface area contributed by atoms with E-state index in [1.54, 1.807) is 21.3 Å². The highest BCUT2D eigenvalue weighted by molar-refractivity contribution is 5.94. The van der Waals surface area contributed by atoms with Crippen molar-refractivity contribution in [3.05, 3.63) is 59.2 Å². The molecule has 0 aliphatic carbocycles. The van der Waals surface area contributed by atoms with E-state index in [0.717, 1.165) is 11.1 Å². The van der Waals surface area contributed by atoms with E-state index in [2.05, 4.69) is 31.3 Å². The van der Waals surface area contributed by atoms with Crippen molar-refractivity contribution in [2.24, 2.45) is 5.92 Å². The Balaban J connectivity index is 2.07. The number of allylic oxidation sites excluding steroid dienone is 1. The summed E-state index contributed by atoms with van der Waals surface area (Å²) in [7, 11) is 4.69. The molecule has 0 saturated carbocycles. The molecular weight excluding hydrogens is 342 g/mol. The number of nitrogens with one attached hydrogen (secondary N) is 1. The molecule has 0 unspecified atom stereocenters. The average Bonchev–Trinajstić information content (AvgIpc) is 2.69. The number of methoxy groups -OCH3 is 3. The van der Waals surface area contributed by atoms with Gasteiger partial charge in [0.25, 0.3) is 5.91 Å². The largest absolute Gasteiger partial charge is 0.493 e. The second-order valence-corrected chi connectivity index (χ2v) is 6.44. The van der Waals surface area contributed by atoms with Crippen LogP contribution in [0.2, 0.25) is 0 Å². The van der Waals surface area contributed by atoms with Crippen molar-refractivity contribution in [3.8, 4) is 17.2 Å². The summed E-state index contributed by atoms with van der Waals surface area (Å²) in [6, 6.07) is 11.2. The van der Waals surface area contributed by atoms with Crippen LogP contribution in [0.15, 0.2) is 42.5 Å². The Kier molecular flexibility index (Phi) is 7.29. The smallest absolute Gasteiger partial charge is 0.251 e. The molecule has 1 amide bonds. The molecular formula is C22H27NO4. The fourth-order valence-corrected chi connectivity index (χ4v) is 2.57. The highest BCUT2D eigenvalue weighted by atomic mass is 16.5. The molecule has 0 radical (unpaired) electrons.